The zero-order chi connectivity index (χ0) is 15.5. The van der Waals surface area contributed by atoms with Crippen LogP contribution in [-0.4, -0.2) is 5.97 Å². The molecule has 2 aromatic rings. The molecule has 0 atom stereocenters. The van der Waals surface area contributed by atoms with E-state index in [1.165, 1.54) is 5.56 Å². The maximum atomic E-state index is 9.65. The average Bonchev–Trinajstić information content (AvgIpc) is 2.54. The monoisotopic (exact) mass is 280 g/mol. The summed E-state index contributed by atoms with van der Waals surface area (Å²) in [5, 5.41) is 18.3. The second kappa shape index (κ2) is 9.33. The number of carbonyl (C=O) groups excluding carboxylic acids is 1. The van der Waals surface area contributed by atoms with Crippen LogP contribution in [-0.2, 0) is 4.79 Å². The third kappa shape index (κ3) is 6.40. The first-order chi connectivity index (χ1) is 10.2. The molecule has 0 aliphatic heterocycles. The molecule has 0 amide bonds. The number of carboxylic acid groups (broad SMARTS) is 1. The number of hydrogen-bond donors (Lipinski definition) is 0. The number of carboxylic acids is 1. The standard InChI is InChI=1S/C13H9N.C5H10O2/c14-10-11-6-8-13(9-7-11)12-4-2-1-3-5-12;1-2-3-4-5(6)7/h1-9H;2-4H2,1H3,(H,6,7)/p-1. The highest BCUT2D eigenvalue weighted by molar-refractivity contribution is 5.64. The van der Waals surface area contributed by atoms with Crippen molar-refractivity contribution in [2.24, 2.45) is 0 Å². The Morgan fingerprint density at radius 1 is 1.05 bits per heavy atom. The van der Waals surface area contributed by atoms with Gasteiger partial charge in [0.2, 0.25) is 0 Å². The molecule has 0 saturated heterocycles. The minimum atomic E-state index is -0.943. The molecule has 2 rings (SSSR count). The van der Waals surface area contributed by atoms with Gasteiger partial charge in [0.25, 0.3) is 0 Å². The zero-order valence-electron chi connectivity index (χ0n) is 12.1. The highest BCUT2D eigenvalue weighted by Crippen LogP contribution is 2.18. The van der Waals surface area contributed by atoms with E-state index in [9.17, 15) is 9.90 Å². The number of aliphatic carboxylic acids is 1. The van der Waals surface area contributed by atoms with Gasteiger partial charge in [0.05, 0.1) is 11.6 Å². The molecule has 0 unspecified atom stereocenters. The maximum Gasteiger partial charge on any atom is 0.0991 e. The third-order valence-electron chi connectivity index (χ3n) is 2.86. The van der Waals surface area contributed by atoms with Crippen molar-refractivity contribution in [2.45, 2.75) is 26.2 Å². The smallest absolute Gasteiger partial charge is 0.0991 e. The largest absolute Gasteiger partial charge is 0.550 e. The van der Waals surface area contributed by atoms with Gasteiger partial charge in [0.1, 0.15) is 0 Å². The van der Waals surface area contributed by atoms with Gasteiger partial charge in [-0.15, -0.1) is 0 Å². The molecule has 108 valence electrons. The van der Waals surface area contributed by atoms with Crippen molar-refractivity contribution in [2.75, 3.05) is 0 Å². The van der Waals surface area contributed by atoms with Crippen molar-refractivity contribution in [1.29, 1.82) is 5.26 Å². The Labute approximate surface area is 125 Å². The van der Waals surface area contributed by atoms with Crippen molar-refractivity contribution in [1.82, 2.24) is 0 Å². The molecule has 21 heavy (non-hydrogen) atoms. The molecule has 0 spiro atoms. The summed E-state index contributed by atoms with van der Waals surface area (Å²) < 4.78 is 0. The highest BCUT2D eigenvalue weighted by Gasteiger charge is 1.95. The Hall–Kier alpha value is -2.60. The van der Waals surface area contributed by atoms with Crippen LogP contribution in [0.15, 0.2) is 54.6 Å². The molecule has 3 nitrogen and oxygen atoms in total. The van der Waals surface area contributed by atoms with Crippen LogP contribution in [0.2, 0.25) is 0 Å². The lowest BCUT2D eigenvalue weighted by atomic mass is 10.0. The van der Waals surface area contributed by atoms with Crippen molar-refractivity contribution < 1.29 is 9.90 Å². The molecule has 2 aromatic carbocycles. The number of hydrogen-bond acceptors (Lipinski definition) is 3. The Kier molecular flexibility index (Phi) is 7.31. The predicted molar refractivity (Wildman–Crippen MR) is 81.1 cm³/mol. The normalized spacial score (nSPS) is 9.14. The Balaban J connectivity index is 0.000000270. The summed E-state index contributed by atoms with van der Waals surface area (Å²) in [4.78, 5) is 9.65. The van der Waals surface area contributed by atoms with Crippen molar-refractivity contribution in [3.63, 3.8) is 0 Å². The Bertz CT molecular complexity index is 583. The van der Waals surface area contributed by atoms with E-state index >= 15 is 0 Å². The van der Waals surface area contributed by atoms with Gasteiger partial charge < -0.3 is 9.90 Å². The summed E-state index contributed by atoms with van der Waals surface area (Å²) in [6, 6.07) is 19.8. The first-order valence-corrected chi connectivity index (χ1v) is 6.92. The topological polar surface area (TPSA) is 63.9 Å². The molecular weight excluding hydrogens is 262 g/mol. The third-order valence-corrected chi connectivity index (χ3v) is 2.86. The number of rotatable bonds is 4. The van der Waals surface area contributed by atoms with Gasteiger partial charge in [0.15, 0.2) is 0 Å². The summed E-state index contributed by atoms with van der Waals surface area (Å²) >= 11 is 0. The number of unbranched alkanes of at least 4 members (excludes halogenated alkanes) is 1. The molecule has 0 aliphatic rings. The molecule has 0 bridgehead atoms. The molecule has 0 radical (unpaired) electrons. The van der Waals surface area contributed by atoms with E-state index in [-0.39, 0.29) is 6.42 Å². The summed E-state index contributed by atoms with van der Waals surface area (Å²) in [6.45, 7) is 1.95. The molecule has 3 heteroatoms. The number of carbonyl (C=O) groups is 1. The van der Waals surface area contributed by atoms with E-state index in [1.807, 2.05) is 49.4 Å². The van der Waals surface area contributed by atoms with Crippen LogP contribution in [0.5, 0.6) is 0 Å². The first-order valence-electron chi connectivity index (χ1n) is 6.92. The zero-order valence-corrected chi connectivity index (χ0v) is 12.1. The summed E-state index contributed by atoms with van der Waals surface area (Å²) in [7, 11) is 0. The summed E-state index contributed by atoms with van der Waals surface area (Å²) in [5.41, 5.74) is 3.02. The lowest BCUT2D eigenvalue weighted by Crippen LogP contribution is -2.21. The van der Waals surface area contributed by atoms with Gasteiger partial charge in [-0.1, -0.05) is 55.8 Å². The highest BCUT2D eigenvalue weighted by atomic mass is 16.4. The van der Waals surface area contributed by atoms with E-state index in [1.54, 1.807) is 0 Å². The second-order valence-electron chi connectivity index (χ2n) is 4.53. The Morgan fingerprint density at radius 3 is 2.05 bits per heavy atom. The van der Waals surface area contributed by atoms with Crippen LogP contribution in [0, 0.1) is 11.3 Å². The van der Waals surface area contributed by atoms with Crippen molar-refractivity contribution in [3.05, 3.63) is 60.2 Å². The number of benzene rings is 2. The quantitative estimate of drug-likeness (QED) is 0.864. The van der Waals surface area contributed by atoms with Gasteiger partial charge in [0, 0.05) is 5.97 Å². The molecule has 0 aliphatic carbocycles. The van der Waals surface area contributed by atoms with Crippen molar-refractivity contribution in [3.8, 4) is 17.2 Å². The maximum absolute atomic E-state index is 9.65. The van der Waals surface area contributed by atoms with Gasteiger partial charge in [-0.2, -0.15) is 5.26 Å². The van der Waals surface area contributed by atoms with Gasteiger partial charge in [-0.05, 0) is 36.1 Å². The summed E-state index contributed by atoms with van der Waals surface area (Å²) in [5.74, 6) is -0.943. The van der Waals surface area contributed by atoms with E-state index in [0.717, 1.165) is 18.4 Å². The van der Waals surface area contributed by atoms with Crippen LogP contribution in [0.1, 0.15) is 31.7 Å². The number of nitriles is 1. The van der Waals surface area contributed by atoms with E-state index in [4.69, 9.17) is 5.26 Å². The van der Waals surface area contributed by atoms with E-state index in [0.29, 0.717) is 5.56 Å². The van der Waals surface area contributed by atoms with Crippen LogP contribution in [0.25, 0.3) is 11.1 Å². The summed E-state index contributed by atoms with van der Waals surface area (Å²) in [6.07, 6.45) is 1.87. The van der Waals surface area contributed by atoms with Gasteiger partial charge >= 0.3 is 0 Å². The lowest BCUT2D eigenvalue weighted by molar-refractivity contribution is -0.305. The van der Waals surface area contributed by atoms with Crippen LogP contribution >= 0.6 is 0 Å². The number of nitrogens with zero attached hydrogens (tertiary/aromatic N) is 1. The SMILES string of the molecule is CCCCC(=O)[O-].N#Cc1ccc(-c2ccccc2)cc1. The van der Waals surface area contributed by atoms with Crippen molar-refractivity contribution >= 4 is 5.97 Å². The Morgan fingerprint density at radius 2 is 1.62 bits per heavy atom. The molecule has 0 aromatic heterocycles. The fourth-order valence-corrected chi connectivity index (χ4v) is 1.69. The van der Waals surface area contributed by atoms with Gasteiger partial charge in [-0.3, -0.25) is 0 Å². The molecular formula is C18H18NO2-. The minimum absolute atomic E-state index is 0.205. The van der Waals surface area contributed by atoms with E-state index in [2.05, 4.69) is 18.2 Å². The molecule has 0 heterocycles. The lowest BCUT2D eigenvalue weighted by Gasteiger charge is -1.99. The fourth-order valence-electron chi connectivity index (χ4n) is 1.69. The van der Waals surface area contributed by atoms with Crippen LogP contribution in [0.4, 0.5) is 0 Å². The molecule has 0 saturated carbocycles. The van der Waals surface area contributed by atoms with E-state index < -0.39 is 5.97 Å². The van der Waals surface area contributed by atoms with Crippen LogP contribution in [0.3, 0.4) is 0 Å². The molecule has 0 N–H and O–H groups in total. The van der Waals surface area contributed by atoms with Gasteiger partial charge in [-0.25, -0.2) is 0 Å². The minimum Gasteiger partial charge on any atom is -0.550 e. The first kappa shape index (κ1) is 16.5. The molecule has 0 fully saturated rings. The average molecular weight is 280 g/mol. The fraction of sp³-hybridized carbons (Fsp3) is 0.222. The van der Waals surface area contributed by atoms with Crippen LogP contribution < -0.4 is 5.11 Å². The predicted octanol–water partition coefficient (Wildman–Crippen LogP) is 3.15. The second-order valence-corrected chi connectivity index (χ2v) is 4.53.